The maximum Gasteiger partial charge on any atom is 0.345 e. The molecule has 0 spiro atoms. The molecule has 4 nitrogen and oxygen atoms in total. The number of rotatable bonds is 11. The summed E-state index contributed by atoms with van der Waals surface area (Å²) in [5.41, 5.74) is 0. The summed E-state index contributed by atoms with van der Waals surface area (Å²) in [5, 5.41) is 29.4. The normalized spacial score (nSPS) is 26.7. The van der Waals surface area contributed by atoms with E-state index in [2.05, 4.69) is 6.92 Å². The summed E-state index contributed by atoms with van der Waals surface area (Å²) in [7, 11) is 0. The number of carboxylic acids is 1. The summed E-state index contributed by atoms with van der Waals surface area (Å²) in [5.74, 6) is -0.723. The maximum absolute atomic E-state index is 11.0. The van der Waals surface area contributed by atoms with Gasteiger partial charge in [-0.25, -0.2) is 4.79 Å². The first-order valence-electron chi connectivity index (χ1n) is 9.92. The fraction of sp³-hybridized carbons (Fsp3) is 0.667. The van der Waals surface area contributed by atoms with Crippen molar-refractivity contribution in [2.75, 3.05) is 0 Å². The van der Waals surface area contributed by atoms with Gasteiger partial charge in [0, 0.05) is 16.2 Å². The van der Waals surface area contributed by atoms with Crippen LogP contribution in [-0.4, -0.2) is 38.9 Å². The van der Waals surface area contributed by atoms with Crippen LogP contribution in [0.4, 0.5) is 0 Å². The van der Waals surface area contributed by atoms with E-state index in [-0.39, 0.29) is 17.2 Å². The molecular formula is C21H31ClO4S. The van der Waals surface area contributed by atoms with Crippen LogP contribution in [0.3, 0.4) is 0 Å². The number of aromatic carboxylic acids is 1. The number of halogens is 1. The molecule has 1 heterocycles. The van der Waals surface area contributed by atoms with Crippen molar-refractivity contribution in [2.45, 2.75) is 75.9 Å². The third kappa shape index (κ3) is 6.90. The zero-order chi connectivity index (χ0) is 19.8. The summed E-state index contributed by atoms with van der Waals surface area (Å²) in [6.45, 7) is 2.14. The van der Waals surface area contributed by atoms with Gasteiger partial charge >= 0.3 is 5.97 Å². The predicted octanol–water partition coefficient (Wildman–Crippen LogP) is 4.87. The van der Waals surface area contributed by atoms with E-state index in [1.54, 1.807) is 6.07 Å². The van der Waals surface area contributed by atoms with E-state index in [0.29, 0.717) is 11.3 Å². The molecule has 1 fully saturated rings. The summed E-state index contributed by atoms with van der Waals surface area (Å²) >= 11 is 7.80. The van der Waals surface area contributed by atoms with Crippen LogP contribution < -0.4 is 0 Å². The summed E-state index contributed by atoms with van der Waals surface area (Å²) in [4.78, 5) is 12.4. The number of aliphatic hydroxyl groups excluding tert-OH is 2. The van der Waals surface area contributed by atoms with Crippen molar-refractivity contribution < 1.29 is 20.1 Å². The lowest BCUT2D eigenvalue weighted by molar-refractivity contribution is 0.0702. The van der Waals surface area contributed by atoms with Gasteiger partial charge < -0.3 is 15.3 Å². The van der Waals surface area contributed by atoms with Crippen LogP contribution in [0.25, 0.3) is 0 Å². The molecular weight excluding hydrogens is 384 g/mol. The standard InChI is InChI=1S/C21H31ClO4S/c1-2-3-4-6-14(23)9-11-17-16(18(22)13-19(17)24)8-5-7-15-10-12-20(27-15)21(25)26/h9-12,14,16-19,23-24H,2-8,13H2,1H3,(H,25,26)/t14?,16-,17-,18-,19-/m1/s1. The number of hydrogen-bond acceptors (Lipinski definition) is 4. The van der Waals surface area contributed by atoms with E-state index < -0.39 is 18.2 Å². The molecule has 5 atom stereocenters. The smallest absolute Gasteiger partial charge is 0.345 e. The number of alkyl halides is 1. The third-order valence-corrected chi connectivity index (χ3v) is 7.00. The summed E-state index contributed by atoms with van der Waals surface area (Å²) in [6.07, 6.45) is 10.1. The lowest BCUT2D eigenvalue weighted by Crippen LogP contribution is -2.19. The summed E-state index contributed by atoms with van der Waals surface area (Å²) in [6, 6.07) is 3.53. The molecule has 0 bridgehead atoms. The van der Waals surface area contributed by atoms with Gasteiger partial charge in [0.15, 0.2) is 0 Å². The Bertz CT molecular complexity index is 615. The van der Waals surface area contributed by atoms with E-state index in [1.807, 2.05) is 18.2 Å². The monoisotopic (exact) mass is 414 g/mol. The van der Waals surface area contributed by atoms with Crippen molar-refractivity contribution >= 4 is 28.9 Å². The van der Waals surface area contributed by atoms with E-state index in [9.17, 15) is 15.0 Å². The van der Waals surface area contributed by atoms with Crippen LogP contribution >= 0.6 is 22.9 Å². The van der Waals surface area contributed by atoms with Crippen LogP contribution in [0.5, 0.6) is 0 Å². The van der Waals surface area contributed by atoms with Gasteiger partial charge in [-0.2, -0.15) is 0 Å². The number of thiophene rings is 1. The van der Waals surface area contributed by atoms with Crippen LogP contribution in [0.2, 0.25) is 0 Å². The molecule has 27 heavy (non-hydrogen) atoms. The van der Waals surface area contributed by atoms with Crippen LogP contribution in [0.1, 0.15) is 66.4 Å². The van der Waals surface area contributed by atoms with Gasteiger partial charge in [-0.1, -0.05) is 38.3 Å². The average Bonchev–Trinajstić information content (AvgIpc) is 3.19. The molecule has 1 aliphatic rings. The van der Waals surface area contributed by atoms with E-state index in [4.69, 9.17) is 16.7 Å². The van der Waals surface area contributed by atoms with Crippen molar-refractivity contribution in [1.29, 1.82) is 0 Å². The molecule has 1 aromatic rings. The Morgan fingerprint density at radius 1 is 1.37 bits per heavy atom. The Labute approximate surface area is 170 Å². The largest absolute Gasteiger partial charge is 0.477 e. The quantitative estimate of drug-likeness (QED) is 0.274. The van der Waals surface area contributed by atoms with Crippen molar-refractivity contribution in [3.05, 3.63) is 34.0 Å². The highest BCUT2D eigenvalue weighted by Crippen LogP contribution is 2.40. The number of carbonyl (C=O) groups is 1. The highest BCUT2D eigenvalue weighted by molar-refractivity contribution is 7.13. The Hall–Kier alpha value is -0.880. The van der Waals surface area contributed by atoms with Gasteiger partial charge in [0.25, 0.3) is 0 Å². The number of aryl methyl sites for hydroxylation is 1. The van der Waals surface area contributed by atoms with Crippen LogP contribution in [0.15, 0.2) is 24.3 Å². The predicted molar refractivity (Wildman–Crippen MR) is 111 cm³/mol. The SMILES string of the molecule is CCCCCC(O)C=C[C@@H]1[C@@H](CCCc2ccc(C(=O)O)s2)[C@H](Cl)C[C@H]1O. The zero-order valence-corrected chi connectivity index (χ0v) is 17.5. The van der Waals surface area contributed by atoms with Gasteiger partial charge in [-0.3, -0.25) is 0 Å². The summed E-state index contributed by atoms with van der Waals surface area (Å²) < 4.78 is 0. The third-order valence-electron chi connectivity index (χ3n) is 5.36. The average molecular weight is 415 g/mol. The minimum atomic E-state index is -0.881. The fourth-order valence-electron chi connectivity index (χ4n) is 3.83. The van der Waals surface area contributed by atoms with E-state index >= 15 is 0 Å². The molecule has 0 amide bonds. The molecule has 1 unspecified atom stereocenters. The highest BCUT2D eigenvalue weighted by Gasteiger charge is 2.39. The molecule has 0 aromatic carbocycles. The lowest BCUT2D eigenvalue weighted by Gasteiger charge is -2.21. The molecule has 0 radical (unpaired) electrons. The van der Waals surface area contributed by atoms with Crippen molar-refractivity contribution in [3.8, 4) is 0 Å². The second kappa shape index (κ2) is 11.2. The van der Waals surface area contributed by atoms with Crippen LogP contribution in [-0.2, 0) is 6.42 Å². The molecule has 1 aliphatic carbocycles. The fourth-order valence-corrected chi connectivity index (χ4v) is 5.19. The Morgan fingerprint density at radius 3 is 2.81 bits per heavy atom. The zero-order valence-electron chi connectivity index (χ0n) is 15.9. The van der Waals surface area contributed by atoms with Gasteiger partial charge in [-0.05, 0) is 50.2 Å². The van der Waals surface area contributed by atoms with Crippen molar-refractivity contribution in [2.24, 2.45) is 11.8 Å². The lowest BCUT2D eigenvalue weighted by atomic mass is 9.89. The molecule has 0 saturated heterocycles. The molecule has 6 heteroatoms. The maximum atomic E-state index is 11.0. The molecule has 152 valence electrons. The number of aliphatic hydroxyl groups is 2. The van der Waals surface area contributed by atoms with Gasteiger partial charge in [0.05, 0.1) is 12.2 Å². The first kappa shape index (κ1) is 22.4. The first-order valence-corrected chi connectivity index (χ1v) is 11.2. The second-order valence-electron chi connectivity index (χ2n) is 7.47. The van der Waals surface area contributed by atoms with Gasteiger partial charge in [-0.15, -0.1) is 22.9 Å². The van der Waals surface area contributed by atoms with Gasteiger partial charge in [0.2, 0.25) is 0 Å². The first-order chi connectivity index (χ1) is 12.9. The molecule has 1 aromatic heterocycles. The molecule has 0 aliphatic heterocycles. The topological polar surface area (TPSA) is 77.8 Å². The molecule has 2 rings (SSSR count). The molecule has 1 saturated carbocycles. The van der Waals surface area contributed by atoms with Crippen LogP contribution in [0, 0.1) is 11.8 Å². The highest BCUT2D eigenvalue weighted by atomic mass is 35.5. The van der Waals surface area contributed by atoms with E-state index in [0.717, 1.165) is 49.8 Å². The molecule has 3 N–H and O–H groups in total. The second-order valence-corrected chi connectivity index (χ2v) is 9.20. The van der Waals surface area contributed by atoms with E-state index in [1.165, 1.54) is 11.3 Å². The minimum absolute atomic E-state index is 0.0220. The van der Waals surface area contributed by atoms with Crippen molar-refractivity contribution in [1.82, 2.24) is 0 Å². The Kier molecular flexibility index (Phi) is 9.30. The Morgan fingerprint density at radius 2 is 2.15 bits per heavy atom. The van der Waals surface area contributed by atoms with Gasteiger partial charge in [0.1, 0.15) is 4.88 Å². The number of carboxylic acid groups (broad SMARTS) is 1. The van der Waals surface area contributed by atoms with Crippen molar-refractivity contribution in [3.63, 3.8) is 0 Å². The number of unbranched alkanes of at least 4 members (excludes halogenated alkanes) is 2. The number of hydrogen-bond donors (Lipinski definition) is 3. The minimum Gasteiger partial charge on any atom is -0.477 e. The Balaban J connectivity index is 1.85.